The first-order chi connectivity index (χ1) is 14.0. The fraction of sp³-hybridized carbons (Fsp3) is 0.368. The number of hydrogen-bond acceptors (Lipinski definition) is 7. The van der Waals surface area contributed by atoms with E-state index in [1.807, 2.05) is 6.07 Å². The minimum absolute atomic E-state index is 0.209. The summed E-state index contributed by atoms with van der Waals surface area (Å²) in [6.07, 6.45) is 4.15. The number of rotatable bonds is 4. The lowest BCUT2D eigenvalue weighted by molar-refractivity contribution is 0.0805. The zero-order valence-electron chi connectivity index (χ0n) is 15.5. The molecule has 0 aliphatic carbocycles. The van der Waals surface area contributed by atoms with Gasteiger partial charge in [0.2, 0.25) is 5.95 Å². The number of fused-ring (bicyclic) bond motifs is 1. The fourth-order valence-corrected chi connectivity index (χ4v) is 5.77. The fourth-order valence-electron chi connectivity index (χ4n) is 3.58. The van der Waals surface area contributed by atoms with Crippen molar-refractivity contribution in [3.8, 4) is 10.6 Å². The van der Waals surface area contributed by atoms with Gasteiger partial charge in [0.05, 0.1) is 17.0 Å². The Morgan fingerprint density at radius 2 is 2.21 bits per heavy atom. The number of carbonyl (C=O) groups excluding carboxylic acids is 1. The van der Waals surface area contributed by atoms with Crippen molar-refractivity contribution in [2.24, 2.45) is 5.73 Å². The molecule has 1 fully saturated rings. The number of aromatic nitrogens is 2. The van der Waals surface area contributed by atoms with E-state index in [0.717, 1.165) is 19.5 Å². The SMILES string of the molecule is NC=C(C=S)N1CCc2nc(-c3ccc(N4CCCC(I)C4)nc3F)sc2C1=O. The number of allylic oxidation sites excluding steroid dienone is 1. The Morgan fingerprint density at radius 3 is 2.90 bits per heavy atom. The molecule has 1 unspecified atom stereocenters. The summed E-state index contributed by atoms with van der Waals surface area (Å²) in [4.78, 5) is 25.7. The first-order valence-electron chi connectivity index (χ1n) is 9.26. The lowest BCUT2D eigenvalue weighted by Crippen LogP contribution is -2.36. The monoisotopic (exact) mass is 543 g/mol. The smallest absolute Gasteiger partial charge is 0.270 e. The van der Waals surface area contributed by atoms with Gasteiger partial charge < -0.3 is 15.5 Å². The van der Waals surface area contributed by atoms with Crippen LogP contribution in [0.15, 0.2) is 24.0 Å². The van der Waals surface area contributed by atoms with Crippen LogP contribution >= 0.6 is 46.1 Å². The van der Waals surface area contributed by atoms with Crippen LogP contribution in [0.1, 0.15) is 28.2 Å². The van der Waals surface area contributed by atoms with Gasteiger partial charge >= 0.3 is 0 Å². The molecular formula is C19H19FIN5OS2. The normalized spacial score (nSPS) is 20.0. The van der Waals surface area contributed by atoms with Crippen LogP contribution < -0.4 is 10.6 Å². The van der Waals surface area contributed by atoms with Crippen LogP contribution in [0, 0.1) is 5.95 Å². The van der Waals surface area contributed by atoms with Crippen molar-refractivity contribution in [3.05, 3.63) is 40.5 Å². The molecule has 1 atom stereocenters. The van der Waals surface area contributed by atoms with Crippen molar-refractivity contribution in [3.63, 3.8) is 0 Å². The van der Waals surface area contributed by atoms with Crippen LogP contribution in [0.25, 0.3) is 10.6 Å². The molecule has 2 aliphatic rings. The molecule has 2 N–H and O–H groups in total. The van der Waals surface area contributed by atoms with Gasteiger partial charge in [-0.05, 0) is 25.0 Å². The minimum Gasteiger partial charge on any atom is -0.403 e. The number of nitrogens with zero attached hydrogens (tertiary/aromatic N) is 4. The number of thiazole rings is 1. The van der Waals surface area contributed by atoms with Crippen molar-refractivity contribution < 1.29 is 9.18 Å². The van der Waals surface area contributed by atoms with E-state index in [2.05, 4.69) is 37.5 Å². The predicted molar refractivity (Wildman–Crippen MR) is 125 cm³/mol. The van der Waals surface area contributed by atoms with E-state index in [-0.39, 0.29) is 5.91 Å². The Labute approximate surface area is 191 Å². The van der Waals surface area contributed by atoms with Crippen LogP contribution in [0.5, 0.6) is 0 Å². The number of anilines is 1. The molecule has 0 saturated carbocycles. The second kappa shape index (κ2) is 8.60. The highest BCUT2D eigenvalue weighted by atomic mass is 127. The van der Waals surface area contributed by atoms with Gasteiger partial charge in [-0.1, -0.05) is 34.8 Å². The number of thiocarbonyl (C=S) groups is 1. The third-order valence-corrected chi connectivity index (χ3v) is 7.44. The molecule has 1 amide bonds. The Balaban J connectivity index is 1.61. The van der Waals surface area contributed by atoms with Crippen molar-refractivity contribution in [1.29, 1.82) is 0 Å². The zero-order valence-corrected chi connectivity index (χ0v) is 19.3. The number of nitrogens with two attached hydrogens (primary N) is 1. The molecule has 2 aliphatic heterocycles. The summed E-state index contributed by atoms with van der Waals surface area (Å²) in [6, 6.07) is 3.55. The highest BCUT2D eigenvalue weighted by Gasteiger charge is 2.31. The first kappa shape index (κ1) is 20.6. The Morgan fingerprint density at radius 1 is 1.38 bits per heavy atom. The third-order valence-electron chi connectivity index (χ3n) is 5.06. The van der Waals surface area contributed by atoms with E-state index in [1.54, 1.807) is 6.07 Å². The van der Waals surface area contributed by atoms with E-state index in [4.69, 9.17) is 18.0 Å². The summed E-state index contributed by atoms with van der Waals surface area (Å²) in [5.74, 6) is -0.121. The molecule has 29 heavy (non-hydrogen) atoms. The van der Waals surface area contributed by atoms with Gasteiger partial charge in [0.1, 0.15) is 15.7 Å². The van der Waals surface area contributed by atoms with Gasteiger partial charge in [0.25, 0.3) is 5.91 Å². The van der Waals surface area contributed by atoms with Gasteiger partial charge in [-0.15, -0.1) is 11.3 Å². The summed E-state index contributed by atoms with van der Waals surface area (Å²) in [5, 5.41) is 1.85. The van der Waals surface area contributed by atoms with E-state index in [0.29, 0.717) is 49.5 Å². The molecular weight excluding hydrogens is 524 g/mol. The van der Waals surface area contributed by atoms with Gasteiger partial charge in [0.15, 0.2) is 0 Å². The summed E-state index contributed by atoms with van der Waals surface area (Å²) >= 11 is 8.55. The van der Waals surface area contributed by atoms with Crippen molar-refractivity contribution in [2.75, 3.05) is 24.5 Å². The number of halogens is 2. The van der Waals surface area contributed by atoms with E-state index in [9.17, 15) is 9.18 Å². The summed E-state index contributed by atoms with van der Waals surface area (Å²) in [6.45, 7) is 2.20. The number of hydrogen-bond donors (Lipinski definition) is 1. The van der Waals surface area contributed by atoms with Crippen LogP contribution in [-0.4, -0.2) is 49.7 Å². The molecule has 2 aromatic heterocycles. The van der Waals surface area contributed by atoms with Gasteiger partial charge in [-0.3, -0.25) is 4.79 Å². The standard InChI is InChI=1S/C19H19FIN5OS2/c20-17-13(3-4-15(24-17)25-6-1-2-11(21)9-25)18-23-14-5-7-26(12(8-22)10-28)19(27)16(14)29-18/h3-4,8,10-11H,1-2,5-7,9,22H2. The molecule has 152 valence electrons. The molecule has 0 radical (unpaired) electrons. The highest BCUT2D eigenvalue weighted by molar-refractivity contribution is 14.1. The summed E-state index contributed by atoms with van der Waals surface area (Å²) in [7, 11) is 0. The maximum atomic E-state index is 14.9. The van der Waals surface area contributed by atoms with Crippen LogP contribution in [0.2, 0.25) is 0 Å². The Hall–Kier alpha value is -1.66. The van der Waals surface area contributed by atoms with Crippen LogP contribution in [0.3, 0.4) is 0 Å². The number of alkyl halides is 1. The van der Waals surface area contributed by atoms with E-state index >= 15 is 0 Å². The van der Waals surface area contributed by atoms with Gasteiger partial charge in [-0.2, -0.15) is 4.39 Å². The molecule has 10 heteroatoms. The predicted octanol–water partition coefficient (Wildman–Crippen LogP) is 3.55. The average molecular weight is 543 g/mol. The van der Waals surface area contributed by atoms with E-state index in [1.165, 1.54) is 34.2 Å². The molecule has 0 spiro atoms. The van der Waals surface area contributed by atoms with Crippen molar-refractivity contribution in [1.82, 2.24) is 14.9 Å². The van der Waals surface area contributed by atoms with Crippen LogP contribution in [-0.2, 0) is 6.42 Å². The molecule has 0 bridgehead atoms. The van der Waals surface area contributed by atoms with Crippen molar-refractivity contribution in [2.45, 2.75) is 23.2 Å². The number of pyridine rings is 1. The first-order valence-corrected chi connectivity index (χ1v) is 11.8. The summed E-state index contributed by atoms with van der Waals surface area (Å²) in [5.41, 5.74) is 7.05. The largest absolute Gasteiger partial charge is 0.403 e. The lowest BCUT2D eigenvalue weighted by atomic mass is 10.1. The van der Waals surface area contributed by atoms with Gasteiger partial charge in [-0.25, -0.2) is 9.97 Å². The molecule has 1 saturated heterocycles. The second-order valence-electron chi connectivity index (χ2n) is 6.90. The number of amides is 1. The molecule has 6 nitrogen and oxygen atoms in total. The summed E-state index contributed by atoms with van der Waals surface area (Å²) < 4.78 is 15.4. The Kier molecular flexibility index (Phi) is 6.11. The number of piperidine rings is 1. The second-order valence-corrected chi connectivity index (χ2v) is 9.90. The molecule has 0 aromatic carbocycles. The molecule has 4 rings (SSSR count). The lowest BCUT2D eigenvalue weighted by Gasteiger charge is -2.31. The van der Waals surface area contributed by atoms with E-state index < -0.39 is 5.95 Å². The van der Waals surface area contributed by atoms with Crippen molar-refractivity contribution >= 4 is 63.2 Å². The molecule has 2 aromatic rings. The topological polar surface area (TPSA) is 75.3 Å². The van der Waals surface area contributed by atoms with Gasteiger partial charge in [0, 0.05) is 41.5 Å². The zero-order chi connectivity index (χ0) is 20.5. The highest BCUT2D eigenvalue weighted by Crippen LogP contribution is 2.34. The number of carbonyl (C=O) groups is 1. The average Bonchev–Trinajstić information content (AvgIpc) is 3.15. The third kappa shape index (κ3) is 4.02. The minimum atomic E-state index is -0.560. The molecule has 4 heterocycles. The maximum absolute atomic E-state index is 14.9. The van der Waals surface area contributed by atoms with Crippen LogP contribution in [0.4, 0.5) is 10.2 Å². The maximum Gasteiger partial charge on any atom is 0.270 e. The Bertz CT molecular complexity index is 995. The quantitative estimate of drug-likeness (QED) is 0.209.